The maximum Gasteiger partial charge on any atom is 0.181 e. The highest BCUT2D eigenvalue weighted by atomic mass is 32.2. The molecule has 3 N–H and O–H groups in total. The lowest BCUT2D eigenvalue weighted by Gasteiger charge is -2.03. The third-order valence-corrected chi connectivity index (χ3v) is 6.48. The first kappa shape index (κ1) is 25.9. The Kier molecular flexibility index (Phi) is 10.4. The Balaban J connectivity index is 0.000000183. The Labute approximate surface area is 194 Å². The van der Waals surface area contributed by atoms with E-state index in [1.807, 2.05) is 43.6 Å². The summed E-state index contributed by atoms with van der Waals surface area (Å²) in [6.07, 6.45) is 5.37. The number of unbranched alkanes of at least 4 members (excludes halogenated alkanes) is 1. The predicted molar refractivity (Wildman–Crippen MR) is 135 cm³/mol. The van der Waals surface area contributed by atoms with Gasteiger partial charge in [0, 0.05) is 29.8 Å². The molecule has 0 aliphatic rings. The number of oxime groups is 1. The molecule has 0 fully saturated rings. The normalized spacial score (nSPS) is 11.4. The van der Waals surface area contributed by atoms with Crippen molar-refractivity contribution < 1.29 is 18.4 Å². The van der Waals surface area contributed by atoms with Gasteiger partial charge in [-0.25, -0.2) is 8.42 Å². The van der Waals surface area contributed by atoms with E-state index in [4.69, 9.17) is 5.21 Å². The number of benzene rings is 2. The van der Waals surface area contributed by atoms with E-state index in [9.17, 15) is 13.2 Å². The van der Waals surface area contributed by atoms with Crippen LogP contribution in [0.2, 0.25) is 0 Å². The second-order valence-corrected chi connectivity index (χ2v) is 9.58. The summed E-state index contributed by atoms with van der Waals surface area (Å²) in [5.41, 5.74) is 2.14. The fraction of sp³-hybridized carbons (Fsp3) is 0.280. The molecule has 2 aromatic carbocycles. The Morgan fingerprint density at radius 1 is 0.879 bits per heavy atom. The van der Waals surface area contributed by atoms with E-state index in [-0.39, 0.29) is 17.9 Å². The number of hydrogen-bond acceptors (Lipinski definition) is 5. The first-order chi connectivity index (χ1) is 15.9. The lowest BCUT2D eigenvalue weighted by molar-refractivity contribution is -0.112. The van der Waals surface area contributed by atoms with Crippen molar-refractivity contribution in [2.24, 2.45) is 5.16 Å². The van der Waals surface area contributed by atoms with Crippen molar-refractivity contribution in [2.45, 2.75) is 33.1 Å². The number of Topliss-reactive ketones (excluding diaryl/α,β-unsaturated/α-hetero) is 1. The van der Waals surface area contributed by atoms with E-state index in [0.29, 0.717) is 6.42 Å². The van der Waals surface area contributed by atoms with Crippen molar-refractivity contribution in [3.63, 3.8) is 0 Å². The van der Waals surface area contributed by atoms with Gasteiger partial charge in [0.2, 0.25) is 0 Å². The van der Waals surface area contributed by atoms with Crippen LogP contribution in [0, 0.1) is 0 Å². The average molecular weight is 470 g/mol. The smallest absolute Gasteiger partial charge is 0.181 e. The van der Waals surface area contributed by atoms with Gasteiger partial charge in [-0.15, -0.1) is 0 Å². The number of nitrogens with zero attached hydrogens (tertiary/aromatic N) is 1. The second-order valence-electron chi connectivity index (χ2n) is 7.40. The molecule has 0 saturated heterocycles. The van der Waals surface area contributed by atoms with Crippen LogP contribution in [-0.4, -0.2) is 46.6 Å². The van der Waals surface area contributed by atoms with Gasteiger partial charge in [-0.3, -0.25) is 4.79 Å². The standard InChI is InChI=1S/C9H17NO4S.2C8H7N/c1-3-5-6-15(13,14)7-8(10-12)9(11)4-2;2*1-2-4-8-7(3-1)5-6-9-8/h12H,3-7H2,1-2H3;2*1-6,9H. The summed E-state index contributed by atoms with van der Waals surface area (Å²) < 4.78 is 22.9. The number of aromatic amines is 2. The molecule has 33 heavy (non-hydrogen) atoms. The van der Waals surface area contributed by atoms with Crippen molar-refractivity contribution >= 4 is 43.1 Å². The van der Waals surface area contributed by atoms with Gasteiger partial charge < -0.3 is 15.2 Å². The van der Waals surface area contributed by atoms with Gasteiger partial charge in [0.15, 0.2) is 15.6 Å². The lowest BCUT2D eigenvalue weighted by Crippen LogP contribution is -2.25. The number of ketones is 1. The number of nitrogens with one attached hydrogen (secondary N) is 2. The molecule has 0 aliphatic carbocycles. The molecule has 0 radical (unpaired) electrons. The van der Waals surface area contributed by atoms with E-state index in [0.717, 1.165) is 6.42 Å². The van der Waals surface area contributed by atoms with Gasteiger partial charge in [0.1, 0.15) is 5.71 Å². The van der Waals surface area contributed by atoms with E-state index < -0.39 is 21.4 Å². The minimum absolute atomic E-state index is 0.0273. The van der Waals surface area contributed by atoms with Gasteiger partial charge in [-0.05, 0) is 41.5 Å². The maximum atomic E-state index is 11.4. The quantitative estimate of drug-likeness (QED) is 0.192. The maximum absolute atomic E-state index is 11.4. The van der Waals surface area contributed by atoms with Crippen LogP contribution < -0.4 is 0 Å². The third kappa shape index (κ3) is 8.57. The number of fused-ring (bicyclic) bond motifs is 2. The van der Waals surface area contributed by atoms with E-state index >= 15 is 0 Å². The molecule has 4 rings (SSSR count). The molecule has 0 aliphatic heterocycles. The zero-order valence-electron chi connectivity index (χ0n) is 19.0. The van der Waals surface area contributed by atoms with Crippen LogP contribution in [0.15, 0.2) is 78.2 Å². The zero-order valence-corrected chi connectivity index (χ0v) is 19.8. The molecule has 176 valence electrons. The number of hydrogen-bond donors (Lipinski definition) is 3. The molecule has 4 aromatic rings. The third-order valence-electron chi connectivity index (χ3n) is 4.85. The number of aromatic nitrogens is 2. The van der Waals surface area contributed by atoms with Gasteiger partial charge in [-0.2, -0.15) is 0 Å². The highest BCUT2D eigenvalue weighted by molar-refractivity contribution is 7.92. The summed E-state index contributed by atoms with van der Waals surface area (Å²) in [6, 6.07) is 20.6. The number of carbonyl (C=O) groups excluding carboxylic acids is 1. The van der Waals surface area contributed by atoms with Gasteiger partial charge in [0.25, 0.3) is 0 Å². The average Bonchev–Trinajstić information content (AvgIpc) is 3.51. The highest BCUT2D eigenvalue weighted by Gasteiger charge is 2.19. The molecule has 0 saturated carbocycles. The lowest BCUT2D eigenvalue weighted by atomic mass is 10.2. The van der Waals surface area contributed by atoms with Crippen molar-refractivity contribution in [1.29, 1.82) is 0 Å². The topological polar surface area (TPSA) is 115 Å². The molecule has 2 heterocycles. The minimum Gasteiger partial charge on any atom is -0.411 e. The van der Waals surface area contributed by atoms with Crippen LogP contribution in [0.1, 0.15) is 33.1 Å². The zero-order chi connectivity index (χ0) is 24.1. The number of sulfone groups is 1. The number of rotatable bonds is 7. The van der Waals surface area contributed by atoms with Crippen LogP contribution in [0.4, 0.5) is 0 Å². The molecule has 2 aromatic heterocycles. The summed E-state index contributed by atoms with van der Waals surface area (Å²) in [6.45, 7) is 3.47. The van der Waals surface area contributed by atoms with Crippen LogP contribution in [0.25, 0.3) is 21.8 Å². The Morgan fingerprint density at radius 2 is 1.39 bits per heavy atom. The molecule has 8 heteroatoms. The summed E-state index contributed by atoms with van der Waals surface area (Å²) in [4.78, 5) is 17.4. The molecule has 0 unspecified atom stereocenters. The Bertz CT molecular complexity index is 1150. The van der Waals surface area contributed by atoms with E-state index in [1.54, 1.807) is 6.92 Å². The van der Waals surface area contributed by atoms with E-state index in [1.165, 1.54) is 21.8 Å². The molecular weight excluding hydrogens is 438 g/mol. The second kappa shape index (κ2) is 13.2. The van der Waals surface area contributed by atoms with Crippen molar-refractivity contribution in [3.05, 3.63) is 73.1 Å². The van der Waals surface area contributed by atoms with Crippen LogP contribution in [0.5, 0.6) is 0 Å². The fourth-order valence-electron chi connectivity index (χ4n) is 3.00. The fourth-order valence-corrected chi connectivity index (χ4v) is 4.51. The Morgan fingerprint density at radius 3 is 1.82 bits per heavy atom. The highest BCUT2D eigenvalue weighted by Crippen LogP contribution is 2.10. The number of carbonyl (C=O) groups is 1. The predicted octanol–water partition coefficient (Wildman–Crippen LogP) is 5.35. The number of para-hydroxylation sites is 2. The summed E-state index contributed by atoms with van der Waals surface area (Å²) in [7, 11) is -3.32. The molecule has 7 nitrogen and oxygen atoms in total. The summed E-state index contributed by atoms with van der Waals surface area (Å²) >= 11 is 0. The van der Waals surface area contributed by atoms with Gasteiger partial charge in [0.05, 0.1) is 11.5 Å². The SMILES string of the molecule is CCCCS(=O)(=O)CC(=NO)C(=O)CC.c1ccc2[nH]ccc2c1.c1ccc2[nH]ccc2c1. The largest absolute Gasteiger partial charge is 0.411 e. The molecular formula is C25H31N3O4S. The first-order valence-electron chi connectivity index (χ1n) is 10.9. The van der Waals surface area contributed by atoms with Crippen LogP contribution in [-0.2, 0) is 14.6 Å². The first-order valence-corrected chi connectivity index (χ1v) is 12.7. The minimum atomic E-state index is -3.32. The summed E-state index contributed by atoms with van der Waals surface area (Å²) in [5.74, 6) is -0.868. The van der Waals surface area contributed by atoms with Crippen molar-refractivity contribution in [1.82, 2.24) is 9.97 Å². The summed E-state index contributed by atoms with van der Waals surface area (Å²) in [5, 5.41) is 13.8. The van der Waals surface area contributed by atoms with Crippen molar-refractivity contribution in [3.8, 4) is 0 Å². The molecule has 0 atom stereocenters. The molecule has 0 bridgehead atoms. The van der Waals surface area contributed by atoms with Gasteiger partial charge >= 0.3 is 0 Å². The van der Waals surface area contributed by atoms with Crippen LogP contribution in [0.3, 0.4) is 0 Å². The molecule has 0 amide bonds. The van der Waals surface area contributed by atoms with Crippen molar-refractivity contribution in [2.75, 3.05) is 11.5 Å². The number of H-pyrrole nitrogens is 2. The monoisotopic (exact) mass is 469 g/mol. The van der Waals surface area contributed by atoms with Gasteiger partial charge in [-0.1, -0.05) is 61.8 Å². The van der Waals surface area contributed by atoms with Crippen LogP contribution >= 0.6 is 0 Å². The molecule has 0 spiro atoms. The Hall–Kier alpha value is -3.39. The van der Waals surface area contributed by atoms with E-state index in [2.05, 4.69) is 51.5 Å².